The molecular formula is C10H7ClFN3O3. The summed E-state index contributed by atoms with van der Waals surface area (Å²) in [5, 5.41) is 12.4. The van der Waals surface area contributed by atoms with E-state index in [1.807, 2.05) is 0 Å². The van der Waals surface area contributed by atoms with Crippen LogP contribution < -0.4 is 5.69 Å². The summed E-state index contributed by atoms with van der Waals surface area (Å²) in [6, 6.07) is 1.79. The minimum atomic E-state index is -1.32. The molecular weight excluding hydrogens is 265 g/mol. The summed E-state index contributed by atoms with van der Waals surface area (Å²) in [6.45, 7) is 1.52. The highest BCUT2D eigenvalue weighted by atomic mass is 35.5. The van der Waals surface area contributed by atoms with Crippen molar-refractivity contribution in [2.75, 3.05) is 0 Å². The topological polar surface area (TPSA) is 88.0 Å². The van der Waals surface area contributed by atoms with Crippen LogP contribution in [-0.4, -0.2) is 25.8 Å². The van der Waals surface area contributed by atoms with Crippen LogP contribution in [-0.2, 0) is 0 Å². The van der Waals surface area contributed by atoms with E-state index in [2.05, 4.69) is 10.1 Å². The SMILES string of the molecule is Cc1nn(-c2cc(C(=O)O)c(Cl)cc2F)c(=O)[nH]1. The number of hydrogen-bond acceptors (Lipinski definition) is 3. The number of carboxylic acids is 1. The Morgan fingerprint density at radius 2 is 2.22 bits per heavy atom. The number of H-pyrrole nitrogens is 1. The van der Waals surface area contributed by atoms with Gasteiger partial charge in [-0.05, 0) is 19.1 Å². The van der Waals surface area contributed by atoms with Gasteiger partial charge in [-0.2, -0.15) is 9.78 Å². The zero-order valence-corrected chi connectivity index (χ0v) is 9.82. The molecule has 94 valence electrons. The second-order valence-electron chi connectivity index (χ2n) is 3.52. The number of benzene rings is 1. The Labute approximate surface area is 105 Å². The standard InChI is InChI=1S/C10H7ClFN3O3/c1-4-13-10(18)15(14-4)8-2-5(9(16)17)6(11)3-7(8)12/h2-3H,1H3,(H,16,17)(H,13,14,18). The van der Waals surface area contributed by atoms with E-state index >= 15 is 0 Å². The molecule has 0 atom stereocenters. The molecule has 0 aliphatic carbocycles. The van der Waals surface area contributed by atoms with Crippen molar-refractivity contribution in [1.29, 1.82) is 0 Å². The molecule has 0 aliphatic rings. The highest BCUT2D eigenvalue weighted by molar-refractivity contribution is 6.33. The molecule has 2 N–H and O–H groups in total. The van der Waals surface area contributed by atoms with Gasteiger partial charge in [-0.3, -0.25) is 4.98 Å². The Hall–Kier alpha value is -2.15. The second-order valence-corrected chi connectivity index (χ2v) is 3.92. The van der Waals surface area contributed by atoms with E-state index in [4.69, 9.17) is 16.7 Å². The second kappa shape index (κ2) is 4.26. The van der Waals surface area contributed by atoms with Crippen molar-refractivity contribution >= 4 is 17.6 Å². The maximum absolute atomic E-state index is 13.7. The van der Waals surface area contributed by atoms with Gasteiger partial charge in [-0.1, -0.05) is 11.6 Å². The molecule has 0 unspecified atom stereocenters. The normalized spacial score (nSPS) is 10.6. The summed E-state index contributed by atoms with van der Waals surface area (Å²) in [7, 11) is 0. The first-order chi connectivity index (χ1) is 8.40. The van der Waals surface area contributed by atoms with Gasteiger partial charge < -0.3 is 5.11 Å². The summed E-state index contributed by atoms with van der Waals surface area (Å²) in [6.07, 6.45) is 0. The molecule has 1 heterocycles. The van der Waals surface area contributed by atoms with Crippen LogP contribution in [0.25, 0.3) is 5.69 Å². The average Bonchev–Trinajstić information content (AvgIpc) is 2.57. The Kier molecular flexibility index (Phi) is 2.92. The fourth-order valence-electron chi connectivity index (χ4n) is 1.46. The molecule has 0 bridgehead atoms. The van der Waals surface area contributed by atoms with Crippen LogP contribution in [0.3, 0.4) is 0 Å². The van der Waals surface area contributed by atoms with Crippen LogP contribution in [0.4, 0.5) is 4.39 Å². The number of hydrogen-bond donors (Lipinski definition) is 2. The lowest BCUT2D eigenvalue weighted by Crippen LogP contribution is -2.18. The number of carboxylic acid groups (broad SMARTS) is 1. The van der Waals surface area contributed by atoms with Crippen LogP contribution in [0.5, 0.6) is 0 Å². The lowest BCUT2D eigenvalue weighted by Gasteiger charge is -2.05. The molecule has 2 rings (SSSR count). The molecule has 0 aliphatic heterocycles. The Bertz CT molecular complexity index is 692. The summed E-state index contributed by atoms with van der Waals surface area (Å²) < 4.78 is 14.4. The van der Waals surface area contributed by atoms with Gasteiger partial charge >= 0.3 is 11.7 Å². The van der Waals surface area contributed by atoms with Crippen molar-refractivity contribution in [2.24, 2.45) is 0 Å². The smallest absolute Gasteiger partial charge is 0.348 e. The molecule has 0 saturated carbocycles. The van der Waals surface area contributed by atoms with Crippen molar-refractivity contribution in [3.8, 4) is 5.69 Å². The van der Waals surface area contributed by atoms with Gasteiger partial charge in [0.15, 0.2) is 5.82 Å². The third kappa shape index (κ3) is 2.00. The van der Waals surface area contributed by atoms with Crippen LogP contribution in [0.15, 0.2) is 16.9 Å². The predicted octanol–water partition coefficient (Wildman–Crippen LogP) is 1.36. The van der Waals surface area contributed by atoms with Gasteiger partial charge in [-0.25, -0.2) is 14.0 Å². The van der Waals surface area contributed by atoms with Crippen molar-refractivity contribution in [3.05, 3.63) is 44.8 Å². The molecule has 0 saturated heterocycles. The maximum atomic E-state index is 13.7. The molecule has 0 amide bonds. The Morgan fingerprint density at radius 1 is 1.56 bits per heavy atom. The van der Waals surface area contributed by atoms with Gasteiger partial charge in [-0.15, -0.1) is 0 Å². The van der Waals surface area contributed by atoms with E-state index < -0.39 is 17.5 Å². The molecule has 2 aromatic rings. The number of aromatic carboxylic acids is 1. The zero-order chi connectivity index (χ0) is 13.4. The number of aromatic nitrogens is 3. The zero-order valence-electron chi connectivity index (χ0n) is 9.07. The summed E-state index contributed by atoms with van der Waals surface area (Å²) in [5.41, 5.74) is -1.24. The Balaban J connectivity index is 2.72. The number of aryl methyl sites for hydroxylation is 1. The lowest BCUT2D eigenvalue weighted by molar-refractivity contribution is 0.0697. The molecule has 8 heteroatoms. The Morgan fingerprint density at radius 3 is 2.72 bits per heavy atom. The van der Waals surface area contributed by atoms with Crippen molar-refractivity contribution in [2.45, 2.75) is 6.92 Å². The van der Waals surface area contributed by atoms with Crippen LogP contribution >= 0.6 is 11.6 Å². The van der Waals surface area contributed by atoms with E-state index in [1.165, 1.54) is 6.92 Å². The fourth-order valence-corrected chi connectivity index (χ4v) is 1.69. The minimum Gasteiger partial charge on any atom is -0.478 e. The molecule has 0 radical (unpaired) electrons. The van der Waals surface area contributed by atoms with Gasteiger partial charge in [0.05, 0.1) is 10.6 Å². The number of nitrogens with zero attached hydrogens (tertiary/aromatic N) is 2. The molecule has 0 fully saturated rings. The van der Waals surface area contributed by atoms with Crippen molar-refractivity contribution < 1.29 is 14.3 Å². The summed E-state index contributed by atoms with van der Waals surface area (Å²) in [5.74, 6) is -1.87. The van der Waals surface area contributed by atoms with Crippen LogP contribution in [0, 0.1) is 12.7 Å². The number of aromatic amines is 1. The number of carbonyl (C=O) groups is 1. The minimum absolute atomic E-state index is 0.246. The maximum Gasteiger partial charge on any atom is 0.348 e. The van der Waals surface area contributed by atoms with Crippen molar-refractivity contribution in [3.63, 3.8) is 0 Å². The van der Waals surface area contributed by atoms with Gasteiger partial charge in [0, 0.05) is 0 Å². The summed E-state index contributed by atoms with van der Waals surface area (Å²) >= 11 is 5.59. The lowest BCUT2D eigenvalue weighted by atomic mass is 10.2. The highest BCUT2D eigenvalue weighted by Gasteiger charge is 2.17. The van der Waals surface area contributed by atoms with E-state index in [0.29, 0.717) is 0 Å². The quantitative estimate of drug-likeness (QED) is 0.863. The van der Waals surface area contributed by atoms with Crippen LogP contribution in [0.1, 0.15) is 16.2 Å². The molecule has 1 aromatic heterocycles. The first-order valence-corrected chi connectivity index (χ1v) is 5.16. The van der Waals surface area contributed by atoms with E-state index in [1.54, 1.807) is 0 Å². The first-order valence-electron chi connectivity index (χ1n) is 4.79. The monoisotopic (exact) mass is 271 g/mol. The van der Waals surface area contributed by atoms with E-state index in [-0.39, 0.29) is 22.1 Å². The van der Waals surface area contributed by atoms with Crippen molar-refractivity contribution in [1.82, 2.24) is 14.8 Å². The highest BCUT2D eigenvalue weighted by Crippen LogP contribution is 2.22. The number of halogens is 2. The van der Waals surface area contributed by atoms with Crippen LogP contribution in [0.2, 0.25) is 5.02 Å². The summed E-state index contributed by atoms with van der Waals surface area (Å²) in [4.78, 5) is 24.7. The molecule has 1 aromatic carbocycles. The first kappa shape index (κ1) is 12.3. The van der Waals surface area contributed by atoms with E-state index in [0.717, 1.165) is 16.8 Å². The van der Waals surface area contributed by atoms with Gasteiger partial charge in [0.2, 0.25) is 0 Å². The molecule has 6 nitrogen and oxygen atoms in total. The number of rotatable bonds is 2. The number of nitrogens with one attached hydrogen (secondary N) is 1. The van der Waals surface area contributed by atoms with E-state index in [9.17, 15) is 14.0 Å². The molecule has 18 heavy (non-hydrogen) atoms. The molecule has 0 spiro atoms. The van der Waals surface area contributed by atoms with Gasteiger partial charge in [0.1, 0.15) is 11.5 Å². The third-order valence-corrected chi connectivity index (χ3v) is 2.54. The third-order valence-electron chi connectivity index (χ3n) is 2.23. The average molecular weight is 272 g/mol. The largest absolute Gasteiger partial charge is 0.478 e. The fraction of sp³-hybridized carbons (Fsp3) is 0.100. The van der Waals surface area contributed by atoms with Gasteiger partial charge in [0.25, 0.3) is 0 Å². The predicted molar refractivity (Wildman–Crippen MR) is 60.8 cm³/mol.